The van der Waals surface area contributed by atoms with Crippen LogP contribution in [0.4, 0.5) is 0 Å². The fourth-order valence-corrected chi connectivity index (χ4v) is 2.39. The van der Waals surface area contributed by atoms with Crippen molar-refractivity contribution in [2.75, 3.05) is 0 Å². The molecule has 0 aliphatic carbocycles. The highest BCUT2D eigenvalue weighted by Gasteiger charge is 2.20. The summed E-state index contributed by atoms with van der Waals surface area (Å²) >= 11 is 3.50. The number of nitrogens with two attached hydrogens (primary N) is 1. The number of nitrogens with one attached hydrogen (secondary N) is 1. The van der Waals surface area contributed by atoms with E-state index < -0.39 is 0 Å². The normalized spacial score (nSPS) is 12.6. The number of hydrogen-bond donors (Lipinski definition) is 2. The Morgan fingerprint density at radius 1 is 1.44 bits per heavy atom. The zero-order valence-corrected chi connectivity index (χ0v) is 11.8. The van der Waals surface area contributed by atoms with Crippen molar-refractivity contribution in [2.24, 2.45) is 5.84 Å². The molecule has 0 radical (unpaired) electrons. The monoisotopic (exact) mass is 309 g/mol. The molecule has 0 amide bonds. The van der Waals surface area contributed by atoms with Gasteiger partial charge in [-0.3, -0.25) is 15.5 Å². The third-order valence-electron chi connectivity index (χ3n) is 2.71. The van der Waals surface area contributed by atoms with Gasteiger partial charge in [-0.25, -0.2) is 5.43 Å². The Morgan fingerprint density at radius 3 is 2.94 bits per heavy atom. The van der Waals surface area contributed by atoms with E-state index in [1.54, 1.807) is 12.4 Å². The summed E-state index contributed by atoms with van der Waals surface area (Å²) in [4.78, 5) is 4.38. The molecule has 0 saturated heterocycles. The van der Waals surface area contributed by atoms with Crippen molar-refractivity contribution in [1.29, 1.82) is 0 Å². The fourth-order valence-electron chi connectivity index (χ4n) is 1.90. The quantitative estimate of drug-likeness (QED) is 0.655. The molecule has 2 aromatic rings. The minimum Gasteiger partial charge on any atom is -0.270 e. The third kappa shape index (κ3) is 2.60. The summed E-state index contributed by atoms with van der Waals surface area (Å²) < 4.78 is 2.88. The smallest absolute Gasteiger partial charge is 0.106 e. The number of halogens is 1. The first-order valence-electron chi connectivity index (χ1n) is 5.86. The predicted molar refractivity (Wildman–Crippen MR) is 73.6 cm³/mol. The minimum atomic E-state index is -0.172. The lowest BCUT2D eigenvalue weighted by Gasteiger charge is -2.18. The van der Waals surface area contributed by atoms with Crippen LogP contribution in [0.15, 0.2) is 35.1 Å². The topological polar surface area (TPSA) is 68.8 Å². The molecule has 0 saturated carbocycles. The molecule has 0 bridgehead atoms. The molecular weight excluding hydrogens is 294 g/mol. The molecule has 96 valence electrons. The van der Waals surface area contributed by atoms with Crippen LogP contribution in [0, 0.1) is 0 Å². The third-order valence-corrected chi connectivity index (χ3v) is 3.38. The van der Waals surface area contributed by atoms with Crippen LogP contribution >= 0.6 is 15.9 Å². The summed E-state index contributed by atoms with van der Waals surface area (Å²) in [6, 6.07) is 5.62. The van der Waals surface area contributed by atoms with Gasteiger partial charge in [0.05, 0.1) is 11.4 Å². The van der Waals surface area contributed by atoms with E-state index in [9.17, 15) is 0 Å². The highest BCUT2D eigenvalue weighted by Crippen LogP contribution is 2.25. The molecule has 2 rings (SSSR count). The number of hydrazine groups is 1. The van der Waals surface area contributed by atoms with Crippen molar-refractivity contribution in [2.45, 2.75) is 25.9 Å². The van der Waals surface area contributed by atoms with Crippen molar-refractivity contribution >= 4 is 15.9 Å². The molecule has 1 atom stereocenters. The minimum absolute atomic E-state index is 0.172. The van der Waals surface area contributed by atoms with E-state index in [0.29, 0.717) is 0 Å². The van der Waals surface area contributed by atoms with Crippen LogP contribution in [-0.4, -0.2) is 14.8 Å². The summed E-state index contributed by atoms with van der Waals surface area (Å²) in [7, 11) is 0. The fraction of sp³-hybridized carbons (Fsp3) is 0.333. The molecule has 5 nitrogen and oxygen atoms in total. The number of nitrogens with zero attached hydrogens (tertiary/aromatic N) is 3. The molecule has 6 heteroatoms. The zero-order chi connectivity index (χ0) is 13.0. The van der Waals surface area contributed by atoms with E-state index >= 15 is 0 Å². The van der Waals surface area contributed by atoms with E-state index in [1.165, 1.54) is 0 Å². The van der Waals surface area contributed by atoms with Crippen molar-refractivity contribution in [3.8, 4) is 0 Å². The van der Waals surface area contributed by atoms with Crippen LogP contribution in [0.3, 0.4) is 0 Å². The van der Waals surface area contributed by atoms with Crippen LogP contribution in [0.25, 0.3) is 0 Å². The van der Waals surface area contributed by atoms with Gasteiger partial charge in [0.2, 0.25) is 0 Å². The van der Waals surface area contributed by atoms with E-state index in [-0.39, 0.29) is 6.04 Å². The second kappa shape index (κ2) is 6.08. The van der Waals surface area contributed by atoms with Crippen LogP contribution in [0.1, 0.15) is 30.8 Å². The van der Waals surface area contributed by atoms with Crippen LogP contribution in [-0.2, 0) is 6.54 Å². The molecular formula is C12H16BrN5. The maximum Gasteiger partial charge on any atom is 0.106 e. The largest absolute Gasteiger partial charge is 0.270 e. The van der Waals surface area contributed by atoms with Gasteiger partial charge in [0.15, 0.2) is 0 Å². The molecule has 2 aromatic heterocycles. The van der Waals surface area contributed by atoms with Gasteiger partial charge in [-0.1, -0.05) is 6.92 Å². The predicted octanol–water partition coefficient (Wildman–Crippen LogP) is 2.00. The van der Waals surface area contributed by atoms with Crippen molar-refractivity contribution in [3.05, 3.63) is 46.5 Å². The van der Waals surface area contributed by atoms with Crippen LogP contribution in [0.2, 0.25) is 0 Å². The number of aryl methyl sites for hydroxylation is 1. The first-order valence-corrected chi connectivity index (χ1v) is 6.65. The summed E-state index contributed by atoms with van der Waals surface area (Å²) in [5.74, 6) is 5.68. The van der Waals surface area contributed by atoms with E-state index in [4.69, 9.17) is 5.84 Å². The molecule has 0 aliphatic heterocycles. The van der Waals surface area contributed by atoms with Crippen molar-refractivity contribution in [1.82, 2.24) is 20.2 Å². The first-order chi connectivity index (χ1) is 8.77. The average molecular weight is 310 g/mol. The Bertz CT molecular complexity index is 511. The zero-order valence-electron chi connectivity index (χ0n) is 10.2. The second-order valence-electron chi connectivity index (χ2n) is 3.95. The van der Waals surface area contributed by atoms with Gasteiger partial charge in [0.25, 0.3) is 0 Å². The lowest BCUT2D eigenvalue weighted by Crippen LogP contribution is -2.31. The molecule has 2 heterocycles. The summed E-state index contributed by atoms with van der Waals surface area (Å²) in [5, 5.41) is 4.31. The molecule has 0 aromatic carbocycles. The van der Waals surface area contributed by atoms with Crippen molar-refractivity contribution in [3.63, 3.8) is 0 Å². The summed E-state index contributed by atoms with van der Waals surface area (Å²) in [5.41, 5.74) is 4.68. The molecule has 1 unspecified atom stereocenters. The maximum atomic E-state index is 5.68. The standard InChI is InChI=1S/C12H16BrN5/c1-2-8-18-10(5-7-16-18)12(17-14)11-9(13)4-3-6-15-11/h3-7,12,17H,2,8,14H2,1H3. The van der Waals surface area contributed by atoms with Gasteiger partial charge in [0, 0.05) is 23.4 Å². The van der Waals surface area contributed by atoms with Crippen LogP contribution in [0.5, 0.6) is 0 Å². The van der Waals surface area contributed by atoms with Gasteiger partial charge in [-0.15, -0.1) is 0 Å². The molecule has 3 N–H and O–H groups in total. The number of rotatable bonds is 5. The van der Waals surface area contributed by atoms with Gasteiger partial charge in [0.1, 0.15) is 6.04 Å². The Labute approximate surface area is 115 Å². The Hall–Kier alpha value is -1.24. The molecule has 0 spiro atoms. The van der Waals surface area contributed by atoms with Gasteiger partial charge >= 0.3 is 0 Å². The van der Waals surface area contributed by atoms with Crippen molar-refractivity contribution < 1.29 is 0 Å². The molecule has 18 heavy (non-hydrogen) atoms. The lowest BCUT2D eigenvalue weighted by atomic mass is 10.1. The summed E-state index contributed by atoms with van der Waals surface area (Å²) in [6.45, 7) is 2.98. The maximum absolute atomic E-state index is 5.68. The molecule has 0 fully saturated rings. The first kappa shape index (κ1) is 13.2. The van der Waals surface area contributed by atoms with E-state index in [2.05, 4.69) is 38.4 Å². The highest BCUT2D eigenvalue weighted by atomic mass is 79.9. The number of aromatic nitrogens is 3. The van der Waals surface area contributed by atoms with E-state index in [1.807, 2.05) is 22.9 Å². The molecule has 0 aliphatic rings. The summed E-state index contributed by atoms with van der Waals surface area (Å²) in [6.07, 6.45) is 4.56. The van der Waals surface area contributed by atoms with Gasteiger partial charge in [-0.2, -0.15) is 5.10 Å². The average Bonchev–Trinajstić information content (AvgIpc) is 2.82. The SMILES string of the molecule is CCCn1nccc1C(NN)c1ncccc1Br. The number of hydrogen-bond acceptors (Lipinski definition) is 4. The Kier molecular flexibility index (Phi) is 4.46. The van der Waals surface area contributed by atoms with Gasteiger partial charge in [-0.05, 0) is 40.5 Å². The Morgan fingerprint density at radius 2 is 2.28 bits per heavy atom. The second-order valence-corrected chi connectivity index (χ2v) is 4.80. The van der Waals surface area contributed by atoms with Crippen LogP contribution < -0.4 is 11.3 Å². The highest BCUT2D eigenvalue weighted by molar-refractivity contribution is 9.10. The lowest BCUT2D eigenvalue weighted by molar-refractivity contribution is 0.514. The van der Waals surface area contributed by atoms with E-state index in [0.717, 1.165) is 28.8 Å². The Balaban J connectivity index is 2.39. The van der Waals surface area contributed by atoms with Gasteiger partial charge < -0.3 is 0 Å². The number of pyridine rings is 1.